The number of aryl methyl sites for hydroxylation is 1. The first-order chi connectivity index (χ1) is 15.1. The number of ether oxygens (including phenoxy) is 3. The fourth-order valence-corrected chi connectivity index (χ4v) is 4.26. The number of methoxy groups -OCH3 is 1. The highest BCUT2D eigenvalue weighted by Crippen LogP contribution is 2.33. The summed E-state index contributed by atoms with van der Waals surface area (Å²) in [5.74, 6) is 1.22. The van der Waals surface area contributed by atoms with E-state index in [9.17, 15) is 9.59 Å². The average Bonchev–Trinajstić information content (AvgIpc) is 3.27. The molecule has 1 amide bonds. The van der Waals surface area contributed by atoms with Crippen molar-refractivity contribution in [3.05, 3.63) is 58.6 Å². The zero-order chi connectivity index (χ0) is 21.8. The number of halogens is 1. The van der Waals surface area contributed by atoms with Crippen LogP contribution >= 0.6 is 11.6 Å². The van der Waals surface area contributed by atoms with E-state index in [1.807, 2.05) is 46.2 Å². The van der Waals surface area contributed by atoms with E-state index >= 15 is 0 Å². The minimum atomic E-state index is -0.579. The number of benzene rings is 2. The predicted octanol–water partition coefficient (Wildman–Crippen LogP) is 3.06. The monoisotopic (exact) mass is 444 g/mol. The molecule has 2 aliphatic heterocycles. The molecule has 0 radical (unpaired) electrons. The largest absolute Gasteiger partial charge is 0.468 e. The molecule has 0 aromatic heterocycles. The molecule has 2 aliphatic rings. The number of fused-ring (bicyclic) bond motifs is 1. The number of carbonyl (C=O) groups excluding carboxylic acids is 2. The number of esters is 1. The molecule has 2 aromatic carbocycles. The topological polar surface area (TPSA) is 68.3 Å². The van der Waals surface area contributed by atoms with Crippen molar-refractivity contribution in [3.8, 4) is 11.5 Å². The molecule has 1 saturated heterocycles. The molecular formula is C23H25ClN2O5. The van der Waals surface area contributed by atoms with E-state index in [2.05, 4.69) is 0 Å². The molecule has 0 bridgehead atoms. The van der Waals surface area contributed by atoms with Crippen LogP contribution in [0.3, 0.4) is 0 Å². The molecule has 0 saturated carbocycles. The Kier molecular flexibility index (Phi) is 6.63. The Hall–Kier alpha value is -2.77. The van der Waals surface area contributed by atoms with Crippen molar-refractivity contribution in [1.29, 1.82) is 0 Å². The van der Waals surface area contributed by atoms with Gasteiger partial charge in [0.2, 0.25) is 12.7 Å². The van der Waals surface area contributed by atoms with Crippen molar-refractivity contribution in [1.82, 2.24) is 9.80 Å². The van der Waals surface area contributed by atoms with Crippen LogP contribution in [0.4, 0.5) is 0 Å². The van der Waals surface area contributed by atoms with E-state index in [1.165, 1.54) is 7.11 Å². The number of hydrogen-bond donors (Lipinski definition) is 0. The zero-order valence-corrected chi connectivity index (χ0v) is 18.1. The summed E-state index contributed by atoms with van der Waals surface area (Å²) in [6.45, 7) is 2.49. The number of rotatable bonds is 6. The molecule has 2 aromatic rings. The van der Waals surface area contributed by atoms with Crippen LogP contribution in [0.25, 0.3) is 0 Å². The maximum absolute atomic E-state index is 12.7. The fourth-order valence-electron chi connectivity index (χ4n) is 4.02. The lowest BCUT2D eigenvalue weighted by Crippen LogP contribution is -2.51. The summed E-state index contributed by atoms with van der Waals surface area (Å²) in [5, 5.41) is 0.528. The van der Waals surface area contributed by atoms with Gasteiger partial charge >= 0.3 is 5.97 Å². The van der Waals surface area contributed by atoms with Crippen LogP contribution in [0.15, 0.2) is 42.5 Å². The highest BCUT2D eigenvalue weighted by Gasteiger charge is 2.33. The Morgan fingerprint density at radius 1 is 1.06 bits per heavy atom. The van der Waals surface area contributed by atoms with Crippen molar-refractivity contribution in [2.24, 2.45) is 0 Å². The zero-order valence-electron chi connectivity index (χ0n) is 17.4. The number of carbonyl (C=O) groups is 2. The average molecular weight is 445 g/mol. The highest BCUT2D eigenvalue weighted by molar-refractivity contribution is 6.31. The van der Waals surface area contributed by atoms with Gasteiger partial charge in [0, 0.05) is 37.6 Å². The molecule has 164 valence electrons. The van der Waals surface area contributed by atoms with Crippen LogP contribution in [0, 0.1) is 0 Å². The van der Waals surface area contributed by atoms with Gasteiger partial charge < -0.3 is 19.1 Å². The number of amides is 1. The lowest BCUT2D eigenvalue weighted by molar-refractivity contribution is -0.148. The Morgan fingerprint density at radius 2 is 1.81 bits per heavy atom. The molecule has 7 nitrogen and oxygen atoms in total. The van der Waals surface area contributed by atoms with Crippen molar-refractivity contribution in [2.75, 3.05) is 40.1 Å². The summed E-state index contributed by atoms with van der Waals surface area (Å²) in [6.07, 6.45) is 1.06. The van der Waals surface area contributed by atoms with Gasteiger partial charge in [-0.25, -0.2) is 4.79 Å². The van der Waals surface area contributed by atoms with Crippen LogP contribution in [-0.4, -0.2) is 61.8 Å². The van der Waals surface area contributed by atoms with E-state index in [0.717, 1.165) is 22.6 Å². The van der Waals surface area contributed by atoms with Crippen molar-refractivity contribution in [2.45, 2.75) is 18.9 Å². The minimum absolute atomic E-state index is 0.102. The normalized spacial score (nSPS) is 16.8. The van der Waals surface area contributed by atoms with E-state index in [1.54, 1.807) is 6.07 Å². The molecule has 8 heteroatoms. The van der Waals surface area contributed by atoms with Gasteiger partial charge in [-0.3, -0.25) is 9.69 Å². The predicted molar refractivity (Wildman–Crippen MR) is 115 cm³/mol. The Bertz CT molecular complexity index is 959. The van der Waals surface area contributed by atoms with Crippen LogP contribution in [0.2, 0.25) is 5.02 Å². The van der Waals surface area contributed by atoms with Crippen LogP contribution in [-0.2, 0) is 20.7 Å². The van der Waals surface area contributed by atoms with Gasteiger partial charge in [-0.15, -0.1) is 0 Å². The fraction of sp³-hybridized carbons (Fsp3) is 0.391. The van der Waals surface area contributed by atoms with E-state index in [-0.39, 0.29) is 18.7 Å². The first-order valence-corrected chi connectivity index (χ1v) is 10.7. The van der Waals surface area contributed by atoms with Gasteiger partial charge in [-0.05, 0) is 35.7 Å². The molecule has 0 spiro atoms. The van der Waals surface area contributed by atoms with Gasteiger partial charge in [0.25, 0.3) is 0 Å². The van der Waals surface area contributed by atoms with E-state index in [0.29, 0.717) is 44.0 Å². The third-order valence-electron chi connectivity index (χ3n) is 5.72. The summed E-state index contributed by atoms with van der Waals surface area (Å²) in [4.78, 5) is 29.1. The van der Waals surface area contributed by atoms with E-state index < -0.39 is 6.04 Å². The molecule has 2 heterocycles. The van der Waals surface area contributed by atoms with Crippen molar-refractivity contribution >= 4 is 23.5 Å². The van der Waals surface area contributed by atoms with Crippen LogP contribution in [0.1, 0.15) is 23.6 Å². The Balaban J connectivity index is 1.34. The second-order valence-electron chi connectivity index (χ2n) is 7.55. The molecule has 0 unspecified atom stereocenters. The quantitative estimate of drug-likeness (QED) is 0.638. The van der Waals surface area contributed by atoms with Crippen molar-refractivity contribution < 1.29 is 23.8 Å². The van der Waals surface area contributed by atoms with Crippen LogP contribution < -0.4 is 9.47 Å². The summed E-state index contributed by atoms with van der Waals surface area (Å²) >= 11 is 6.34. The van der Waals surface area contributed by atoms with Crippen LogP contribution in [0.5, 0.6) is 11.5 Å². The maximum Gasteiger partial charge on any atom is 0.327 e. The number of hydrogen-bond acceptors (Lipinski definition) is 6. The standard InChI is InChI=1S/C23H25ClN2O5/c1-29-23(28)22(17-4-2-3-5-18(17)24)26-12-10-25(11-13-26)21(27)9-7-16-6-8-19-20(14-16)31-15-30-19/h2-6,8,14,22H,7,9-13,15H2,1H3/t22-/m1/s1. The smallest absolute Gasteiger partial charge is 0.327 e. The third kappa shape index (κ3) is 4.78. The highest BCUT2D eigenvalue weighted by atomic mass is 35.5. The summed E-state index contributed by atoms with van der Waals surface area (Å²) in [6, 6.07) is 12.5. The van der Waals surface area contributed by atoms with Gasteiger partial charge in [-0.1, -0.05) is 35.9 Å². The third-order valence-corrected chi connectivity index (χ3v) is 6.07. The Labute approximate surface area is 186 Å². The Morgan fingerprint density at radius 3 is 2.55 bits per heavy atom. The van der Waals surface area contributed by atoms with Gasteiger partial charge in [0.1, 0.15) is 6.04 Å². The molecule has 1 fully saturated rings. The molecular weight excluding hydrogens is 420 g/mol. The van der Waals surface area contributed by atoms with Gasteiger partial charge in [0.15, 0.2) is 11.5 Å². The molecule has 4 rings (SSSR count). The molecule has 31 heavy (non-hydrogen) atoms. The SMILES string of the molecule is COC(=O)[C@@H](c1ccccc1Cl)N1CCN(C(=O)CCc2ccc3c(c2)OCO3)CC1. The van der Waals surface area contributed by atoms with Gasteiger partial charge in [0.05, 0.1) is 7.11 Å². The van der Waals surface area contributed by atoms with E-state index in [4.69, 9.17) is 25.8 Å². The summed E-state index contributed by atoms with van der Waals surface area (Å²) in [7, 11) is 1.38. The first-order valence-electron chi connectivity index (χ1n) is 10.3. The van der Waals surface area contributed by atoms with Crippen molar-refractivity contribution in [3.63, 3.8) is 0 Å². The minimum Gasteiger partial charge on any atom is -0.468 e. The second kappa shape index (κ2) is 9.58. The van der Waals surface area contributed by atoms with Gasteiger partial charge in [-0.2, -0.15) is 0 Å². The molecule has 0 N–H and O–H groups in total. The second-order valence-corrected chi connectivity index (χ2v) is 7.96. The summed E-state index contributed by atoms with van der Waals surface area (Å²) in [5.41, 5.74) is 1.76. The first kappa shape index (κ1) is 21.5. The molecule has 0 aliphatic carbocycles. The number of nitrogens with zero attached hydrogens (tertiary/aromatic N) is 2. The lowest BCUT2D eigenvalue weighted by atomic mass is 10.0. The lowest BCUT2D eigenvalue weighted by Gasteiger charge is -2.38. The summed E-state index contributed by atoms with van der Waals surface area (Å²) < 4.78 is 15.8. The maximum atomic E-state index is 12.7. The number of piperazine rings is 1. The molecule has 1 atom stereocenters.